The van der Waals surface area contributed by atoms with E-state index in [0.717, 1.165) is 6.42 Å². The maximum Gasteiger partial charge on any atom is 0.0231 e. The predicted octanol–water partition coefficient (Wildman–Crippen LogP) is 3.11. The minimum absolute atomic E-state index is 0.285. The lowest BCUT2D eigenvalue weighted by Gasteiger charge is -2.35. The van der Waals surface area contributed by atoms with Crippen LogP contribution in [-0.2, 0) is 0 Å². The molecule has 0 heterocycles. The fourth-order valence-electron chi connectivity index (χ4n) is 2.26. The maximum atomic E-state index is 6.02. The van der Waals surface area contributed by atoms with Crippen LogP contribution in [0.2, 0.25) is 0 Å². The Labute approximate surface area is 82.4 Å². The predicted molar refractivity (Wildman–Crippen MR) is 58.5 cm³/mol. The molecule has 0 bridgehead atoms. The van der Waals surface area contributed by atoms with Crippen molar-refractivity contribution in [2.75, 3.05) is 0 Å². The third kappa shape index (κ3) is 2.84. The van der Waals surface area contributed by atoms with E-state index in [4.69, 9.17) is 5.73 Å². The normalized spacial score (nSPS) is 29.6. The van der Waals surface area contributed by atoms with Gasteiger partial charge in [0.25, 0.3) is 0 Å². The zero-order valence-corrected chi connectivity index (χ0v) is 9.43. The van der Waals surface area contributed by atoms with Gasteiger partial charge in [0.15, 0.2) is 0 Å². The highest BCUT2D eigenvalue weighted by Crippen LogP contribution is 2.38. The van der Waals surface area contributed by atoms with Crippen molar-refractivity contribution in [2.24, 2.45) is 17.1 Å². The van der Waals surface area contributed by atoms with Gasteiger partial charge in [0.2, 0.25) is 0 Å². The Bertz CT molecular complexity index is 203. The minimum Gasteiger partial charge on any atom is -0.324 e. The van der Waals surface area contributed by atoms with Gasteiger partial charge in [0, 0.05) is 6.04 Å². The molecule has 1 aliphatic carbocycles. The van der Waals surface area contributed by atoms with Gasteiger partial charge in [-0.2, -0.15) is 0 Å². The summed E-state index contributed by atoms with van der Waals surface area (Å²) in [6, 6.07) is 0.285. The van der Waals surface area contributed by atoms with Gasteiger partial charge in [0.05, 0.1) is 0 Å². The van der Waals surface area contributed by atoms with Crippen LogP contribution in [0.3, 0.4) is 0 Å². The molecule has 2 unspecified atom stereocenters. The lowest BCUT2D eigenvalue weighted by atomic mass is 9.72. The summed E-state index contributed by atoms with van der Waals surface area (Å²) in [7, 11) is 0. The topological polar surface area (TPSA) is 26.0 Å². The van der Waals surface area contributed by atoms with Gasteiger partial charge in [-0.25, -0.2) is 0 Å². The average molecular weight is 181 g/mol. The summed E-state index contributed by atoms with van der Waals surface area (Å²) in [4.78, 5) is 0. The van der Waals surface area contributed by atoms with Crippen molar-refractivity contribution in [3.63, 3.8) is 0 Å². The highest BCUT2D eigenvalue weighted by Gasteiger charge is 2.28. The second-order valence-corrected chi connectivity index (χ2v) is 5.26. The third-order valence-electron chi connectivity index (χ3n) is 3.14. The summed E-state index contributed by atoms with van der Waals surface area (Å²) in [5.41, 5.74) is 8.00. The molecule has 76 valence electrons. The first-order valence-electron chi connectivity index (χ1n) is 5.41. The van der Waals surface area contributed by atoms with E-state index in [0.29, 0.717) is 11.3 Å². The highest BCUT2D eigenvalue weighted by molar-refractivity contribution is 5.16. The van der Waals surface area contributed by atoms with Crippen molar-refractivity contribution in [1.82, 2.24) is 0 Å². The minimum atomic E-state index is 0.285. The van der Waals surface area contributed by atoms with Crippen molar-refractivity contribution in [3.8, 4) is 0 Å². The Balaban J connectivity index is 2.75. The van der Waals surface area contributed by atoms with Crippen LogP contribution in [0.25, 0.3) is 0 Å². The van der Waals surface area contributed by atoms with E-state index in [1.165, 1.54) is 12.8 Å². The first-order valence-corrected chi connectivity index (χ1v) is 5.41. The molecule has 0 spiro atoms. The Morgan fingerprint density at radius 2 is 2.23 bits per heavy atom. The van der Waals surface area contributed by atoms with Crippen LogP contribution in [0.1, 0.15) is 47.0 Å². The van der Waals surface area contributed by atoms with Gasteiger partial charge in [0.1, 0.15) is 0 Å². The number of allylic oxidation sites excluding steroid dienone is 1. The second kappa shape index (κ2) is 3.83. The van der Waals surface area contributed by atoms with Gasteiger partial charge in [-0.15, -0.1) is 0 Å². The molecular weight excluding hydrogens is 158 g/mol. The fourth-order valence-corrected chi connectivity index (χ4v) is 2.26. The quantitative estimate of drug-likeness (QED) is 0.651. The largest absolute Gasteiger partial charge is 0.324 e. The number of rotatable bonds is 2. The Kier molecular flexibility index (Phi) is 3.18. The Morgan fingerprint density at radius 1 is 1.62 bits per heavy atom. The van der Waals surface area contributed by atoms with Crippen LogP contribution in [-0.4, -0.2) is 6.04 Å². The first kappa shape index (κ1) is 10.8. The van der Waals surface area contributed by atoms with Gasteiger partial charge in [-0.1, -0.05) is 39.3 Å². The Morgan fingerprint density at radius 3 is 2.69 bits per heavy atom. The molecule has 1 rings (SSSR count). The summed E-state index contributed by atoms with van der Waals surface area (Å²) >= 11 is 0. The lowest BCUT2D eigenvalue weighted by molar-refractivity contribution is 0.288. The standard InChI is InChI=1S/C12H23N/c1-5-9(2)10-6-11(13)8-12(3,4)7-10/h6,9,11H,5,7-8,13H2,1-4H3. The summed E-state index contributed by atoms with van der Waals surface area (Å²) in [6.07, 6.45) is 5.89. The maximum absolute atomic E-state index is 6.02. The molecule has 0 radical (unpaired) electrons. The molecule has 0 aromatic carbocycles. The van der Waals surface area contributed by atoms with Crippen molar-refractivity contribution in [1.29, 1.82) is 0 Å². The third-order valence-corrected chi connectivity index (χ3v) is 3.14. The summed E-state index contributed by atoms with van der Waals surface area (Å²) in [6.45, 7) is 9.20. The van der Waals surface area contributed by atoms with E-state index in [1.54, 1.807) is 5.57 Å². The molecule has 2 N–H and O–H groups in total. The zero-order valence-electron chi connectivity index (χ0n) is 9.43. The number of nitrogens with two attached hydrogens (primary N) is 1. The molecule has 0 aromatic heterocycles. The first-order chi connectivity index (χ1) is 5.94. The lowest BCUT2D eigenvalue weighted by Crippen LogP contribution is -2.32. The number of hydrogen-bond donors (Lipinski definition) is 1. The van der Waals surface area contributed by atoms with Gasteiger partial charge in [-0.05, 0) is 30.6 Å². The molecule has 1 heteroatoms. The molecule has 0 fully saturated rings. The van der Waals surface area contributed by atoms with Crippen LogP contribution < -0.4 is 5.73 Å². The summed E-state index contributed by atoms with van der Waals surface area (Å²) in [5, 5.41) is 0. The molecule has 0 aliphatic heterocycles. The molecule has 0 aromatic rings. The van der Waals surface area contributed by atoms with Crippen molar-refractivity contribution in [2.45, 2.75) is 53.0 Å². The average Bonchev–Trinajstić information content (AvgIpc) is 1.99. The van der Waals surface area contributed by atoms with Crippen LogP contribution in [0.4, 0.5) is 0 Å². The van der Waals surface area contributed by atoms with Crippen LogP contribution in [0, 0.1) is 11.3 Å². The molecular formula is C12H23N. The van der Waals surface area contributed by atoms with E-state index in [1.807, 2.05) is 0 Å². The molecule has 13 heavy (non-hydrogen) atoms. The van der Waals surface area contributed by atoms with E-state index in [2.05, 4.69) is 33.8 Å². The van der Waals surface area contributed by atoms with Crippen molar-refractivity contribution < 1.29 is 0 Å². The van der Waals surface area contributed by atoms with Crippen LogP contribution in [0.15, 0.2) is 11.6 Å². The fraction of sp³-hybridized carbons (Fsp3) is 0.833. The van der Waals surface area contributed by atoms with Gasteiger partial charge >= 0.3 is 0 Å². The van der Waals surface area contributed by atoms with E-state index in [-0.39, 0.29) is 6.04 Å². The summed E-state index contributed by atoms with van der Waals surface area (Å²) < 4.78 is 0. The molecule has 1 aliphatic rings. The Hall–Kier alpha value is -0.300. The molecule has 0 amide bonds. The van der Waals surface area contributed by atoms with Crippen molar-refractivity contribution >= 4 is 0 Å². The molecule has 0 saturated carbocycles. The zero-order chi connectivity index (χ0) is 10.1. The highest BCUT2D eigenvalue weighted by atomic mass is 14.6. The second-order valence-electron chi connectivity index (χ2n) is 5.26. The summed E-state index contributed by atoms with van der Waals surface area (Å²) in [5.74, 6) is 0.714. The van der Waals surface area contributed by atoms with Gasteiger partial charge in [-0.3, -0.25) is 0 Å². The molecule has 2 atom stereocenters. The van der Waals surface area contributed by atoms with E-state index < -0.39 is 0 Å². The molecule has 0 saturated heterocycles. The monoisotopic (exact) mass is 181 g/mol. The van der Waals surface area contributed by atoms with E-state index >= 15 is 0 Å². The van der Waals surface area contributed by atoms with Crippen molar-refractivity contribution in [3.05, 3.63) is 11.6 Å². The van der Waals surface area contributed by atoms with E-state index in [9.17, 15) is 0 Å². The van der Waals surface area contributed by atoms with Crippen LogP contribution >= 0.6 is 0 Å². The van der Waals surface area contributed by atoms with Gasteiger partial charge < -0.3 is 5.73 Å². The smallest absolute Gasteiger partial charge is 0.0231 e. The van der Waals surface area contributed by atoms with Crippen LogP contribution in [0.5, 0.6) is 0 Å². The molecule has 1 nitrogen and oxygen atoms in total. The number of hydrogen-bond acceptors (Lipinski definition) is 1. The SMILES string of the molecule is CCC(C)C1=CC(N)CC(C)(C)C1.